The molecule has 0 spiro atoms. The van der Waals surface area contributed by atoms with Gasteiger partial charge in [-0.1, -0.05) is 6.92 Å². The lowest BCUT2D eigenvalue weighted by atomic mass is 10.1. The Morgan fingerprint density at radius 1 is 1.59 bits per heavy atom. The first kappa shape index (κ1) is 13.5. The zero-order valence-electron chi connectivity index (χ0n) is 9.86. The van der Waals surface area contributed by atoms with Crippen molar-refractivity contribution in [1.82, 2.24) is 10.6 Å². The summed E-state index contributed by atoms with van der Waals surface area (Å²) >= 11 is 0. The number of carbonyl (C=O) groups is 3. The predicted molar refractivity (Wildman–Crippen MR) is 60.2 cm³/mol. The van der Waals surface area contributed by atoms with Gasteiger partial charge in [0.2, 0.25) is 11.8 Å². The number of hydrogen-bond acceptors (Lipinski definition) is 3. The van der Waals surface area contributed by atoms with Crippen LogP contribution < -0.4 is 10.6 Å². The molecule has 0 saturated carbocycles. The van der Waals surface area contributed by atoms with Crippen LogP contribution in [0.5, 0.6) is 0 Å². The van der Waals surface area contributed by atoms with Gasteiger partial charge in [0.1, 0.15) is 0 Å². The SMILES string of the molecule is CC(CCCNC(=O)C1CNC(=O)C1)C(=O)O. The van der Waals surface area contributed by atoms with Crippen LogP contribution in [0.15, 0.2) is 0 Å². The largest absolute Gasteiger partial charge is 0.481 e. The monoisotopic (exact) mass is 242 g/mol. The standard InChI is InChI=1S/C11H18N2O4/c1-7(11(16)17)3-2-4-12-10(15)8-5-9(14)13-6-8/h7-8H,2-6H2,1H3,(H,12,15)(H,13,14)(H,16,17). The number of carbonyl (C=O) groups excluding carboxylic acids is 2. The van der Waals surface area contributed by atoms with Crippen LogP contribution in [0.4, 0.5) is 0 Å². The third kappa shape index (κ3) is 4.42. The molecule has 0 aromatic heterocycles. The molecule has 1 aliphatic heterocycles. The van der Waals surface area contributed by atoms with Crippen molar-refractivity contribution in [3.05, 3.63) is 0 Å². The number of aliphatic carboxylic acids is 1. The van der Waals surface area contributed by atoms with Crippen molar-refractivity contribution in [1.29, 1.82) is 0 Å². The molecule has 6 nitrogen and oxygen atoms in total. The average Bonchev–Trinajstić information content (AvgIpc) is 2.70. The summed E-state index contributed by atoms with van der Waals surface area (Å²) in [4.78, 5) is 33.0. The molecule has 0 radical (unpaired) electrons. The van der Waals surface area contributed by atoms with Gasteiger partial charge in [0.05, 0.1) is 11.8 Å². The van der Waals surface area contributed by atoms with E-state index in [1.807, 2.05) is 0 Å². The van der Waals surface area contributed by atoms with Crippen LogP contribution in [0.3, 0.4) is 0 Å². The molecule has 1 saturated heterocycles. The fourth-order valence-corrected chi connectivity index (χ4v) is 1.68. The minimum absolute atomic E-state index is 0.0929. The normalized spacial score (nSPS) is 20.8. The van der Waals surface area contributed by atoms with E-state index >= 15 is 0 Å². The summed E-state index contributed by atoms with van der Waals surface area (Å²) in [6.07, 6.45) is 1.42. The summed E-state index contributed by atoms with van der Waals surface area (Å²) in [6.45, 7) is 2.50. The van der Waals surface area contributed by atoms with Gasteiger partial charge >= 0.3 is 5.97 Å². The van der Waals surface area contributed by atoms with Crippen molar-refractivity contribution in [2.75, 3.05) is 13.1 Å². The highest BCUT2D eigenvalue weighted by molar-refractivity contribution is 5.89. The molecule has 0 aromatic carbocycles. The number of carboxylic acid groups (broad SMARTS) is 1. The number of nitrogens with one attached hydrogen (secondary N) is 2. The van der Waals surface area contributed by atoms with Gasteiger partial charge in [0, 0.05) is 19.5 Å². The zero-order valence-corrected chi connectivity index (χ0v) is 9.86. The lowest BCUT2D eigenvalue weighted by Crippen LogP contribution is -2.32. The van der Waals surface area contributed by atoms with Crippen LogP contribution in [-0.4, -0.2) is 36.0 Å². The molecule has 6 heteroatoms. The first-order valence-corrected chi connectivity index (χ1v) is 5.78. The van der Waals surface area contributed by atoms with E-state index in [0.717, 1.165) is 0 Å². The minimum Gasteiger partial charge on any atom is -0.481 e. The molecular formula is C11H18N2O4. The van der Waals surface area contributed by atoms with Crippen LogP contribution in [0.25, 0.3) is 0 Å². The lowest BCUT2D eigenvalue weighted by Gasteiger charge is -2.10. The van der Waals surface area contributed by atoms with Crippen LogP contribution in [0.1, 0.15) is 26.2 Å². The highest BCUT2D eigenvalue weighted by Crippen LogP contribution is 2.09. The van der Waals surface area contributed by atoms with Gasteiger partial charge < -0.3 is 15.7 Å². The second kappa shape index (κ2) is 6.22. The minimum atomic E-state index is -0.818. The van der Waals surface area contributed by atoms with E-state index in [4.69, 9.17) is 5.11 Å². The highest BCUT2D eigenvalue weighted by Gasteiger charge is 2.27. The summed E-state index contributed by atoms with van der Waals surface area (Å²) in [6, 6.07) is 0. The second-order valence-electron chi connectivity index (χ2n) is 4.38. The molecule has 3 N–H and O–H groups in total. The van der Waals surface area contributed by atoms with Gasteiger partial charge in [-0.25, -0.2) is 0 Å². The Kier molecular flexibility index (Phi) is 4.93. The number of rotatable bonds is 6. The molecule has 2 atom stereocenters. The molecule has 1 rings (SSSR count). The molecule has 2 unspecified atom stereocenters. The summed E-state index contributed by atoms with van der Waals surface area (Å²) in [5.41, 5.74) is 0. The molecule has 1 fully saturated rings. The van der Waals surface area contributed by atoms with E-state index in [9.17, 15) is 14.4 Å². The molecular weight excluding hydrogens is 224 g/mol. The Balaban J connectivity index is 2.12. The second-order valence-corrected chi connectivity index (χ2v) is 4.38. The van der Waals surface area contributed by atoms with E-state index < -0.39 is 5.97 Å². The molecule has 2 amide bonds. The summed E-state index contributed by atoms with van der Waals surface area (Å²) in [7, 11) is 0. The van der Waals surface area contributed by atoms with E-state index in [-0.39, 0.29) is 30.1 Å². The average molecular weight is 242 g/mol. The number of carboxylic acids is 1. The Hall–Kier alpha value is -1.59. The lowest BCUT2D eigenvalue weighted by molar-refractivity contribution is -0.141. The fourth-order valence-electron chi connectivity index (χ4n) is 1.68. The van der Waals surface area contributed by atoms with Crippen LogP contribution in [-0.2, 0) is 14.4 Å². The first-order valence-electron chi connectivity index (χ1n) is 5.78. The van der Waals surface area contributed by atoms with Crippen molar-refractivity contribution in [2.45, 2.75) is 26.2 Å². The van der Waals surface area contributed by atoms with Crippen LogP contribution >= 0.6 is 0 Å². The third-order valence-corrected chi connectivity index (χ3v) is 2.88. The van der Waals surface area contributed by atoms with E-state index in [1.54, 1.807) is 6.92 Å². The van der Waals surface area contributed by atoms with Crippen molar-refractivity contribution in [3.8, 4) is 0 Å². The van der Waals surface area contributed by atoms with Gasteiger partial charge in [-0.05, 0) is 12.8 Å². The maximum atomic E-state index is 11.5. The van der Waals surface area contributed by atoms with Gasteiger partial charge in [-0.2, -0.15) is 0 Å². The van der Waals surface area contributed by atoms with Crippen LogP contribution in [0, 0.1) is 11.8 Å². The molecule has 96 valence electrons. The van der Waals surface area contributed by atoms with Gasteiger partial charge in [-0.3, -0.25) is 14.4 Å². The Labute approximate surface area is 99.8 Å². The quantitative estimate of drug-likeness (QED) is 0.559. The zero-order chi connectivity index (χ0) is 12.8. The van der Waals surface area contributed by atoms with Crippen molar-refractivity contribution >= 4 is 17.8 Å². The molecule has 17 heavy (non-hydrogen) atoms. The maximum absolute atomic E-state index is 11.5. The topological polar surface area (TPSA) is 95.5 Å². The summed E-state index contributed by atoms with van der Waals surface area (Å²) in [5.74, 6) is -1.71. The number of amides is 2. The maximum Gasteiger partial charge on any atom is 0.306 e. The molecule has 1 aliphatic rings. The van der Waals surface area contributed by atoms with E-state index in [0.29, 0.717) is 25.9 Å². The smallest absolute Gasteiger partial charge is 0.306 e. The third-order valence-electron chi connectivity index (χ3n) is 2.88. The van der Waals surface area contributed by atoms with Crippen molar-refractivity contribution in [3.63, 3.8) is 0 Å². The summed E-state index contributed by atoms with van der Waals surface area (Å²) in [5, 5.41) is 14.0. The Morgan fingerprint density at radius 3 is 2.82 bits per heavy atom. The molecule has 0 bridgehead atoms. The highest BCUT2D eigenvalue weighted by atomic mass is 16.4. The molecule has 1 heterocycles. The molecule has 0 aromatic rings. The van der Waals surface area contributed by atoms with Gasteiger partial charge in [0.15, 0.2) is 0 Å². The fraction of sp³-hybridized carbons (Fsp3) is 0.727. The Morgan fingerprint density at radius 2 is 2.29 bits per heavy atom. The van der Waals surface area contributed by atoms with Crippen molar-refractivity contribution in [2.24, 2.45) is 11.8 Å². The van der Waals surface area contributed by atoms with Gasteiger partial charge in [-0.15, -0.1) is 0 Å². The Bertz CT molecular complexity index is 317. The first-order chi connectivity index (χ1) is 8.00. The van der Waals surface area contributed by atoms with E-state index in [2.05, 4.69) is 10.6 Å². The van der Waals surface area contributed by atoms with Crippen molar-refractivity contribution < 1.29 is 19.5 Å². The summed E-state index contributed by atoms with van der Waals surface area (Å²) < 4.78 is 0. The number of hydrogen-bond donors (Lipinski definition) is 3. The molecule has 0 aliphatic carbocycles. The van der Waals surface area contributed by atoms with E-state index in [1.165, 1.54) is 0 Å². The predicted octanol–water partition coefficient (Wildman–Crippen LogP) is -0.260. The van der Waals surface area contributed by atoms with Crippen LogP contribution in [0.2, 0.25) is 0 Å². The van der Waals surface area contributed by atoms with Gasteiger partial charge in [0.25, 0.3) is 0 Å².